The van der Waals surface area contributed by atoms with Crippen LogP contribution in [0.1, 0.15) is 22.0 Å². The van der Waals surface area contributed by atoms with Crippen LogP contribution < -0.4 is 5.73 Å². The largest absolute Gasteiger partial charge is 0.320 e. The highest BCUT2D eigenvalue weighted by Crippen LogP contribution is 2.29. The Labute approximate surface area is 102 Å². The van der Waals surface area contributed by atoms with E-state index in [0.29, 0.717) is 0 Å². The Kier molecular flexibility index (Phi) is 3.24. The molecule has 0 saturated carbocycles. The molecule has 1 aromatic heterocycles. The third-order valence-electron chi connectivity index (χ3n) is 2.34. The number of thiophene rings is 1. The molecule has 0 aliphatic rings. The minimum absolute atomic E-state index is 0.0278. The van der Waals surface area contributed by atoms with Crippen LogP contribution in [0.4, 0.5) is 0 Å². The third kappa shape index (κ3) is 2.30. The van der Waals surface area contributed by atoms with Gasteiger partial charge in [-0.25, -0.2) is 0 Å². The molecule has 0 spiro atoms. The Hall–Kier alpha value is -0.640. The van der Waals surface area contributed by atoms with Crippen LogP contribution in [0.15, 0.2) is 40.2 Å². The van der Waals surface area contributed by atoms with E-state index in [1.54, 1.807) is 11.3 Å². The van der Waals surface area contributed by atoms with Crippen molar-refractivity contribution in [2.75, 3.05) is 0 Å². The van der Waals surface area contributed by atoms with Crippen LogP contribution in [0.25, 0.3) is 0 Å². The van der Waals surface area contributed by atoms with E-state index in [4.69, 9.17) is 5.73 Å². The van der Waals surface area contributed by atoms with Crippen molar-refractivity contribution in [1.82, 2.24) is 0 Å². The van der Waals surface area contributed by atoms with E-state index >= 15 is 0 Å². The van der Waals surface area contributed by atoms with Crippen LogP contribution in [0, 0.1) is 6.92 Å². The monoisotopic (exact) mass is 281 g/mol. The van der Waals surface area contributed by atoms with Gasteiger partial charge in [0.15, 0.2) is 0 Å². The zero-order valence-electron chi connectivity index (χ0n) is 8.41. The average molecular weight is 282 g/mol. The minimum atomic E-state index is -0.0278. The standard InChI is InChI=1S/C12H12BrNS/c1-8-4-5-9(10(13)7-8)12(14)11-3-2-6-15-11/h2-7,12H,14H2,1H3/t12-/m1/s1. The molecule has 0 radical (unpaired) electrons. The summed E-state index contributed by atoms with van der Waals surface area (Å²) in [5.74, 6) is 0. The highest BCUT2D eigenvalue weighted by atomic mass is 79.9. The number of rotatable bonds is 2. The third-order valence-corrected chi connectivity index (χ3v) is 3.98. The SMILES string of the molecule is Cc1ccc([C@@H](N)c2cccs2)c(Br)c1. The Morgan fingerprint density at radius 1 is 1.33 bits per heavy atom. The molecule has 3 heteroatoms. The maximum atomic E-state index is 6.19. The molecule has 2 rings (SSSR count). The normalized spacial score (nSPS) is 12.7. The van der Waals surface area contributed by atoms with Gasteiger partial charge in [0.05, 0.1) is 6.04 Å². The predicted octanol–water partition coefficient (Wildman–Crippen LogP) is 3.87. The van der Waals surface area contributed by atoms with Gasteiger partial charge in [-0.05, 0) is 35.6 Å². The van der Waals surface area contributed by atoms with Gasteiger partial charge in [0, 0.05) is 9.35 Å². The molecule has 78 valence electrons. The number of aryl methyl sites for hydroxylation is 1. The molecule has 0 amide bonds. The van der Waals surface area contributed by atoms with E-state index < -0.39 is 0 Å². The van der Waals surface area contributed by atoms with Crippen molar-refractivity contribution in [3.63, 3.8) is 0 Å². The van der Waals surface area contributed by atoms with E-state index in [1.165, 1.54) is 10.4 Å². The fourth-order valence-electron chi connectivity index (χ4n) is 1.51. The number of halogens is 1. The minimum Gasteiger partial charge on any atom is -0.320 e. The van der Waals surface area contributed by atoms with Gasteiger partial charge in [-0.15, -0.1) is 11.3 Å². The smallest absolute Gasteiger partial charge is 0.0657 e. The van der Waals surface area contributed by atoms with E-state index in [9.17, 15) is 0 Å². The maximum absolute atomic E-state index is 6.19. The molecule has 0 aliphatic carbocycles. The van der Waals surface area contributed by atoms with Gasteiger partial charge >= 0.3 is 0 Å². The molecule has 0 aliphatic heterocycles. The first-order valence-electron chi connectivity index (χ1n) is 4.73. The molecule has 0 bridgehead atoms. The van der Waals surface area contributed by atoms with E-state index in [2.05, 4.69) is 52.5 Å². The highest BCUT2D eigenvalue weighted by molar-refractivity contribution is 9.10. The molecule has 1 aromatic carbocycles. The van der Waals surface area contributed by atoms with Crippen molar-refractivity contribution < 1.29 is 0 Å². The average Bonchev–Trinajstić information content (AvgIpc) is 2.69. The lowest BCUT2D eigenvalue weighted by atomic mass is 10.0. The topological polar surface area (TPSA) is 26.0 Å². The molecule has 0 fully saturated rings. The lowest BCUT2D eigenvalue weighted by molar-refractivity contribution is 0.886. The van der Waals surface area contributed by atoms with Crippen molar-refractivity contribution in [1.29, 1.82) is 0 Å². The van der Waals surface area contributed by atoms with Gasteiger partial charge in [0.25, 0.3) is 0 Å². The molecule has 1 nitrogen and oxygen atoms in total. The first-order valence-corrected chi connectivity index (χ1v) is 6.41. The molecule has 1 atom stereocenters. The van der Waals surface area contributed by atoms with Gasteiger partial charge in [0.1, 0.15) is 0 Å². The maximum Gasteiger partial charge on any atom is 0.0657 e. The zero-order valence-corrected chi connectivity index (χ0v) is 10.8. The summed E-state index contributed by atoms with van der Waals surface area (Å²) in [5, 5.41) is 2.05. The zero-order chi connectivity index (χ0) is 10.8. The van der Waals surface area contributed by atoms with E-state index in [1.807, 2.05) is 6.07 Å². The second-order valence-corrected chi connectivity index (χ2v) is 5.35. The van der Waals surface area contributed by atoms with Crippen LogP contribution in [-0.4, -0.2) is 0 Å². The predicted molar refractivity (Wildman–Crippen MR) is 69.2 cm³/mol. The van der Waals surface area contributed by atoms with E-state index in [0.717, 1.165) is 10.0 Å². The molecule has 0 unspecified atom stereocenters. The van der Waals surface area contributed by atoms with Gasteiger partial charge in [-0.1, -0.05) is 34.1 Å². The summed E-state index contributed by atoms with van der Waals surface area (Å²) in [4.78, 5) is 1.19. The number of hydrogen-bond donors (Lipinski definition) is 1. The summed E-state index contributed by atoms with van der Waals surface area (Å²) in [6, 6.07) is 10.4. The Bertz CT molecular complexity index is 451. The number of nitrogens with two attached hydrogens (primary N) is 1. The summed E-state index contributed by atoms with van der Waals surface area (Å²) in [5.41, 5.74) is 8.57. The van der Waals surface area contributed by atoms with Crippen molar-refractivity contribution in [2.24, 2.45) is 5.73 Å². The molecule has 2 aromatic rings. The summed E-state index contributed by atoms with van der Waals surface area (Å²) < 4.78 is 1.09. The number of hydrogen-bond acceptors (Lipinski definition) is 2. The molecule has 15 heavy (non-hydrogen) atoms. The lowest BCUT2D eigenvalue weighted by Crippen LogP contribution is -2.10. The molecule has 1 heterocycles. The number of benzene rings is 1. The summed E-state index contributed by atoms with van der Waals surface area (Å²) in [6.45, 7) is 2.07. The molecule has 2 N–H and O–H groups in total. The van der Waals surface area contributed by atoms with Crippen molar-refractivity contribution in [3.05, 3.63) is 56.2 Å². The fraction of sp³-hybridized carbons (Fsp3) is 0.167. The molecular formula is C12H12BrNS. The summed E-state index contributed by atoms with van der Waals surface area (Å²) in [6.07, 6.45) is 0. The van der Waals surface area contributed by atoms with Crippen LogP contribution in [0.3, 0.4) is 0 Å². The first-order chi connectivity index (χ1) is 7.18. The fourth-order valence-corrected chi connectivity index (χ4v) is 2.99. The van der Waals surface area contributed by atoms with Crippen LogP contribution in [0.5, 0.6) is 0 Å². The van der Waals surface area contributed by atoms with E-state index in [-0.39, 0.29) is 6.04 Å². The lowest BCUT2D eigenvalue weighted by Gasteiger charge is -2.12. The van der Waals surface area contributed by atoms with Crippen molar-refractivity contribution >= 4 is 27.3 Å². The Morgan fingerprint density at radius 2 is 2.13 bits per heavy atom. The van der Waals surface area contributed by atoms with Crippen LogP contribution in [0.2, 0.25) is 0 Å². The molecule has 0 saturated heterocycles. The van der Waals surface area contributed by atoms with Crippen molar-refractivity contribution in [3.8, 4) is 0 Å². The second kappa shape index (κ2) is 4.47. The summed E-state index contributed by atoms with van der Waals surface area (Å²) >= 11 is 5.25. The quantitative estimate of drug-likeness (QED) is 0.889. The second-order valence-electron chi connectivity index (χ2n) is 3.52. The van der Waals surface area contributed by atoms with Crippen LogP contribution in [-0.2, 0) is 0 Å². The Morgan fingerprint density at radius 3 is 2.73 bits per heavy atom. The van der Waals surface area contributed by atoms with Gasteiger partial charge in [-0.2, -0.15) is 0 Å². The molecular weight excluding hydrogens is 270 g/mol. The van der Waals surface area contributed by atoms with Crippen molar-refractivity contribution in [2.45, 2.75) is 13.0 Å². The van der Waals surface area contributed by atoms with Gasteiger partial charge in [-0.3, -0.25) is 0 Å². The van der Waals surface area contributed by atoms with Crippen LogP contribution >= 0.6 is 27.3 Å². The van der Waals surface area contributed by atoms with Gasteiger partial charge < -0.3 is 5.73 Å². The van der Waals surface area contributed by atoms with Gasteiger partial charge in [0.2, 0.25) is 0 Å². The highest BCUT2D eigenvalue weighted by Gasteiger charge is 2.12. The summed E-state index contributed by atoms with van der Waals surface area (Å²) in [7, 11) is 0. The first kappa shape index (κ1) is 10.9. The Balaban J connectivity index is 2.38.